The van der Waals surface area contributed by atoms with E-state index in [-0.39, 0.29) is 5.91 Å². The Morgan fingerprint density at radius 1 is 1.10 bits per heavy atom. The fourth-order valence-corrected chi connectivity index (χ4v) is 3.77. The normalized spacial score (nSPS) is 14.7. The minimum Gasteiger partial charge on any atom is -0.494 e. The van der Waals surface area contributed by atoms with E-state index in [9.17, 15) is 4.79 Å². The van der Waals surface area contributed by atoms with Gasteiger partial charge >= 0.3 is 0 Å². The van der Waals surface area contributed by atoms with E-state index in [2.05, 4.69) is 22.8 Å². The number of anilines is 1. The van der Waals surface area contributed by atoms with Crippen LogP contribution in [0.4, 0.5) is 5.69 Å². The number of hydrogen-bond donors (Lipinski definition) is 0. The van der Waals surface area contributed by atoms with Gasteiger partial charge in [-0.3, -0.25) is 9.69 Å². The van der Waals surface area contributed by atoms with Crippen LogP contribution in [-0.4, -0.2) is 62.1 Å². The Morgan fingerprint density at radius 3 is 2.45 bits per heavy atom. The summed E-state index contributed by atoms with van der Waals surface area (Å²) in [5, 5.41) is 0.763. The van der Waals surface area contributed by atoms with Crippen LogP contribution in [0.2, 0.25) is 5.02 Å². The van der Waals surface area contributed by atoms with Crippen molar-refractivity contribution in [2.45, 2.75) is 20.4 Å². The molecule has 0 atom stereocenters. The molecule has 3 rings (SSSR count). The van der Waals surface area contributed by atoms with Crippen molar-refractivity contribution in [2.75, 3.05) is 51.3 Å². The summed E-state index contributed by atoms with van der Waals surface area (Å²) < 4.78 is 5.47. The molecule has 1 aliphatic heterocycles. The van der Waals surface area contributed by atoms with Crippen LogP contribution in [-0.2, 0) is 11.3 Å². The molecule has 0 N–H and O–H groups in total. The summed E-state index contributed by atoms with van der Waals surface area (Å²) >= 11 is 6.16. The smallest absolute Gasteiger partial charge is 0.236 e. The molecule has 0 unspecified atom stereocenters. The predicted octanol–water partition coefficient (Wildman–Crippen LogP) is 3.83. The Morgan fingerprint density at radius 2 is 1.79 bits per heavy atom. The zero-order valence-corrected chi connectivity index (χ0v) is 18.3. The van der Waals surface area contributed by atoms with Gasteiger partial charge in [-0.25, -0.2) is 0 Å². The van der Waals surface area contributed by atoms with Crippen molar-refractivity contribution in [3.8, 4) is 5.75 Å². The highest BCUT2D eigenvalue weighted by Crippen LogP contribution is 2.25. The molecule has 1 amide bonds. The lowest BCUT2D eigenvalue weighted by atomic mass is 10.1. The highest BCUT2D eigenvalue weighted by Gasteiger charge is 2.21. The second-order valence-corrected chi connectivity index (χ2v) is 7.96. The number of piperazine rings is 1. The van der Waals surface area contributed by atoms with Crippen LogP contribution >= 0.6 is 11.6 Å². The summed E-state index contributed by atoms with van der Waals surface area (Å²) in [5.41, 5.74) is 3.52. The highest BCUT2D eigenvalue weighted by atomic mass is 35.5. The van der Waals surface area contributed by atoms with Gasteiger partial charge in [-0.05, 0) is 49.2 Å². The SMILES string of the molecule is CCOc1ccc(CN(C)C(=O)CN2CCN(c3cc(Cl)ccc3C)CC2)cc1. The lowest BCUT2D eigenvalue weighted by Crippen LogP contribution is -2.49. The second kappa shape index (κ2) is 9.99. The maximum atomic E-state index is 12.7. The Bertz CT molecular complexity index is 817. The number of benzene rings is 2. The fourth-order valence-electron chi connectivity index (χ4n) is 3.60. The molecule has 6 heteroatoms. The minimum atomic E-state index is 0.145. The van der Waals surface area contributed by atoms with Crippen LogP contribution in [0.1, 0.15) is 18.1 Å². The molecular formula is C23H30ClN3O2. The lowest BCUT2D eigenvalue weighted by molar-refractivity contribution is -0.131. The molecule has 156 valence electrons. The Kier molecular flexibility index (Phi) is 7.40. The zero-order chi connectivity index (χ0) is 20.8. The largest absolute Gasteiger partial charge is 0.494 e. The highest BCUT2D eigenvalue weighted by molar-refractivity contribution is 6.30. The third kappa shape index (κ3) is 5.87. The van der Waals surface area contributed by atoms with Crippen LogP contribution in [0, 0.1) is 6.92 Å². The topological polar surface area (TPSA) is 36.0 Å². The predicted molar refractivity (Wildman–Crippen MR) is 119 cm³/mol. The summed E-state index contributed by atoms with van der Waals surface area (Å²) in [5.74, 6) is 1.00. The molecule has 0 bridgehead atoms. The second-order valence-electron chi connectivity index (χ2n) is 7.52. The van der Waals surface area contributed by atoms with Gasteiger partial charge in [0.05, 0.1) is 13.2 Å². The molecule has 2 aromatic rings. The van der Waals surface area contributed by atoms with Crippen molar-refractivity contribution in [1.29, 1.82) is 0 Å². The van der Waals surface area contributed by atoms with Gasteiger partial charge in [-0.2, -0.15) is 0 Å². The van der Waals surface area contributed by atoms with E-state index in [1.807, 2.05) is 50.4 Å². The van der Waals surface area contributed by atoms with Gasteiger partial charge in [0.1, 0.15) is 5.75 Å². The first kappa shape index (κ1) is 21.5. The summed E-state index contributed by atoms with van der Waals surface area (Å²) in [6, 6.07) is 13.9. The number of nitrogens with zero attached hydrogens (tertiary/aromatic N) is 3. The third-order valence-corrected chi connectivity index (χ3v) is 5.56. The summed E-state index contributed by atoms with van der Waals surface area (Å²) in [7, 11) is 1.87. The minimum absolute atomic E-state index is 0.145. The van der Waals surface area contributed by atoms with E-state index in [1.54, 1.807) is 4.90 Å². The summed E-state index contributed by atoms with van der Waals surface area (Å²) in [4.78, 5) is 19.0. The number of hydrogen-bond acceptors (Lipinski definition) is 4. The Hall–Kier alpha value is -2.24. The van der Waals surface area contributed by atoms with Gasteiger partial charge in [0.2, 0.25) is 5.91 Å². The van der Waals surface area contributed by atoms with E-state index in [4.69, 9.17) is 16.3 Å². The van der Waals surface area contributed by atoms with Crippen molar-refractivity contribution in [1.82, 2.24) is 9.80 Å². The number of carbonyl (C=O) groups excluding carboxylic acids is 1. The molecule has 1 saturated heterocycles. The van der Waals surface area contributed by atoms with Crippen LogP contribution in [0.5, 0.6) is 5.75 Å². The number of halogens is 1. The van der Waals surface area contributed by atoms with Crippen molar-refractivity contribution >= 4 is 23.2 Å². The lowest BCUT2D eigenvalue weighted by Gasteiger charge is -2.37. The molecule has 1 aliphatic rings. The maximum absolute atomic E-state index is 12.7. The molecule has 0 radical (unpaired) electrons. The standard InChI is InChI=1S/C23H30ClN3O2/c1-4-29-21-9-6-19(7-10-21)16-25(3)23(28)17-26-11-13-27(14-12-26)22-15-20(24)8-5-18(22)2/h5-10,15H,4,11-14,16-17H2,1-3H3. The van der Waals surface area contributed by atoms with E-state index >= 15 is 0 Å². The molecule has 1 fully saturated rings. The molecule has 1 heterocycles. The van der Waals surface area contributed by atoms with Gasteiger partial charge in [-0.15, -0.1) is 0 Å². The van der Waals surface area contributed by atoms with E-state index < -0.39 is 0 Å². The molecule has 0 saturated carbocycles. The first-order chi connectivity index (χ1) is 14.0. The fraction of sp³-hybridized carbons (Fsp3) is 0.435. The van der Waals surface area contributed by atoms with Gasteiger partial charge in [-0.1, -0.05) is 29.8 Å². The van der Waals surface area contributed by atoms with E-state index in [0.29, 0.717) is 19.7 Å². The van der Waals surface area contributed by atoms with Crippen LogP contribution in [0.3, 0.4) is 0 Å². The number of amides is 1. The summed E-state index contributed by atoms with van der Waals surface area (Å²) in [6.45, 7) is 9.33. The number of carbonyl (C=O) groups is 1. The third-order valence-electron chi connectivity index (χ3n) is 5.32. The molecule has 2 aromatic carbocycles. The maximum Gasteiger partial charge on any atom is 0.236 e. The Balaban J connectivity index is 1.48. The zero-order valence-electron chi connectivity index (χ0n) is 17.5. The number of rotatable bonds is 7. The van der Waals surface area contributed by atoms with Gasteiger partial charge in [0.15, 0.2) is 0 Å². The molecule has 5 nitrogen and oxygen atoms in total. The Labute approximate surface area is 178 Å². The van der Waals surface area contributed by atoms with Crippen molar-refractivity contribution in [2.24, 2.45) is 0 Å². The first-order valence-corrected chi connectivity index (χ1v) is 10.5. The average Bonchev–Trinajstić information content (AvgIpc) is 2.72. The molecule has 29 heavy (non-hydrogen) atoms. The van der Waals surface area contributed by atoms with Gasteiger partial charge in [0.25, 0.3) is 0 Å². The van der Waals surface area contributed by atoms with Gasteiger partial charge in [0, 0.05) is 50.5 Å². The quantitative estimate of drug-likeness (QED) is 0.688. The molecule has 0 aliphatic carbocycles. The number of aryl methyl sites for hydroxylation is 1. The van der Waals surface area contributed by atoms with Crippen LogP contribution in [0.15, 0.2) is 42.5 Å². The van der Waals surface area contributed by atoms with Crippen molar-refractivity contribution < 1.29 is 9.53 Å². The van der Waals surface area contributed by atoms with Crippen molar-refractivity contribution in [3.05, 3.63) is 58.6 Å². The molecular weight excluding hydrogens is 386 g/mol. The van der Waals surface area contributed by atoms with Crippen LogP contribution < -0.4 is 9.64 Å². The molecule has 0 aromatic heterocycles. The molecule has 0 spiro atoms. The monoisotopic (exact) mass is 415 g/mol. The first-order valence-electron chi connectivity index (χ1n) is 10.2. The van der Waals surface area contributed by atoms with Crippen molar-refractivity contribution in [3.63, 3.8) is 0 Å². The average molecular weight is 416 g/mol. The number of likely N-dealkylation sites (N-methyl/N-ethyl adjacent to an activating group) is 1. The summed E-state index contributed by atoms with van der Waals surface area (Å²) in [6.07, 6.45) is 0. The van der Waals surface area contributed by atoms with Gasteiger partial charge < -0.3 is 14.5 Å². The number of ether oxygens (including phenoxy) is 1. The van der Waals surface area contributed by atoms with E-state index in [1.165, 1.54) is 11.3 Å². The van der Waals surface area contributed by atoms with E-state index in [0.717, 1.165) is 42.5 Å². The van der Waals surface area contributed by atoms with Crippen LogP contribution in [0.25, 0.3) is 0 Å².